The molecular formula is C25H36N2O. The minimum absolute atomic E-state index is 0.193. The van der Waals surface area contributed by atoms with Gasteiger partial charge in [-0.2, -0.15) is 0 Å². The highest BCUT2D eigenvalue weighted by Crippen LogP contribution is 2.28. The SMILES string of the molecule is CCCCCCNc1ccc(C(=O)C(CC)(Cc2ccccc2)N(C)C)cc1. The highest BCUT2D eigenvalue weighted by atomic mass is 16.1. The van der Waals surface area contributed by atoms with Gasteiger partial charge in [0.1, 0.15) is 0 Å². The summed E-state index contributed by atoms with van der Waals surface area (Å²) in [6, 6.07) is 18.3. The zero-order valence-electron chi connectivity index (χ0n) is 18.0. The van der Waals surface area contributed by atoms with Gasteiger partial charge in [-0.3, -0.25) is 9.69 Å². The fraction of sp³-hybridized carbons (Fsp3) is 0.480. The summed E-state index contributed by atoms with van der Waals surface area (Å²) in [6.45, 7) is 5.32. The van der Waals surface area contributed by atoms with Crippen molar-refractivity contribution in [2.45, 2.75) is 57.9 Å². The number of nitrogens with one attached hydrogen (secondary N) is 1. The van der Waals surface area contributed by atoms with E-state index in [9.17, 15) is 4.79 Å². The molecule has 0 bridgehead atoms. The van der Waals surface area contributed by atoms with Crippen molar-refractivity contribution in [3.8, 4) is 0 Å². The van der Waals surface area contributed by atoms with Crippen LogP contribution in [0.1, 0.15) is 61.9 Å². The van der Waals surface area contributed by atoms with E-state index in [4.69, 9.17) is 0 Å². The molecular weight excluding hydrogens is 344 g/mol. The van der Waals surface area contributed by atoms with Crippen LogP contribution in [0.2, 0.25) is 0 Å². The van der Waals surface area contributed by atoms with Crippen LogP contribution < -0.4 is 5.32 Å². The third-order valence-corrected chi connectivity index (χ3v) is 5.71. The molecule has 1 unspecified atom stereocenters. The van der Waals surface area contributed by atoms with Gasteiger partial charge in [-0.15, -0.1) is 0 Å². The Hall–Kier alpha value is -2.13. The van der Waals surface area contributed by atoms with Gasteiger partial charge in [0.15, 0.2) is 5.78 Å². The van der Waals surface area contributed by atoms with Gasteiger partial charge in [0.2, 0.25) is 0 Å². The molecule has 0 aliphatic rings. The van der Waals surface area contributed by atoms with Crippen LogP contribution >= 0.6 is 0 Å². The number of hydrogen-bond acceptors (Lipinski definition) is 3. The third-order valence-electron chi connectivity index (χ3n) is 5.71. The Morgan fingerprint density at radius 2 is 1.61 bits per heavy atom. The average Bonchev–Trinajstić information content (AvgIpc) is 2.72. The van der Waals surface area contributed by atoms with Crippen molar-refractivity contribution < 1.29 is 4.79 Å². The summed E-state index contributed by atoms with van der Waals surface area (Å²) >= 11 is 0. The number of Topliss-reactive ketones (excluding diaryl/α,β-unsaturated/α-hetero) is 1. The van der Waals surface area contributed by atoms with Crippen molar-refractivity contribution in [2.75, 3.05) is 26.0 Å². The first-order valence-electron chi connectivity index (χ1n) is 10.6. The van der Waals surface area contributed by atoms with Crippen molar-refractivity contribution in [1.29, 1.82) is 0 Å². The lowest BCUT2D eigenvalue weighted by molar-refractivity contribution is 0.0666. The van der Waals surface area contributed by atoms with Crippen LogP contribution in [0.15, 0.2) is 54.6 Å². The molecule has 1 N–H and O–H groups in total. The van der Waals surface area contributed by atoms with Gasteiger partial charge in [-0.1, -0.05) is 63.4 Å². The lowest BCUT2D eigenvalue weighted by Crippen LogP contribution is -2.52. The molecule has 0 spiro atoms. The van der Waals surface area contributed by atoms with Crippen molar-refractivity contribution in [1.82, 2.24) is 4.90 Å². The van der Waals surface area contributed by atoms with Crippen LogP contribution in [0, 0.1) is 0 Å². The number of likely N-dealkylation sites (N-methyl/N-ethyl adjacent to an activating group) is 1. The minimum atomic E-state index is -0.531. The average molecular weight is 381 g/mol. The number of rotatable bonds is 12. The molecule has 1 atom stereocenters. The molecule has 0 amide bonds. The predicted molar refractivity (Wildman–Crippen MR) is 120 cm³/mol. The number of carbonyl (C=O) groups excluding carboxylic acids is 1. The normalized spacial score (nSPS) is 13.3. The number of ketones is 1. The molecule has 2 aromatic rings. The monoisotopic (exact) mass is 380 g/mol. The van der Waals surface area contributed by atoms with Gasteiger partial charge in [-0.05, 0) is 63.2 Å². The van der Waals surface area contributed by atoms with Crippen LogP contribution in [0.5, 0.6) is 0 Å². The molecule has 0 radical (unpaired) electrons. The first-order valence-corrected chi connectivity index (χ1v) is 10.6. The molecule has 152 valence electrons. The topological polar surface area (TPSA) is 32.3 Å². The number of carbonyl (C=O) groups is 1. The second-order valence-corrected chi connectivity index (χ2v) is 7.84. The summed E-state index contributed by atoms with van der Waals surface area (Å²) in [5, 5.41) is 3.46. The van der Waals surface area contributed by atoms with Gasteiger partial charge in [0.25, 0.3) is 0 Å². The Kier molecular flexibility index (Phi) is 8.72. The molecule has 2 aromatic carbocycles. The summed E-state index contributed by atoms with van der Waals surface area (Å²) < 4.78 is 0. The predicted octanol–water partition coefficient (Wildman–Crippen LogP) is 5.81. The molecule has 28 heavy (non-hydrogen) atoms. The first kappa shape index (κ1) is 22.2. The molecule has 0 saturated carbocycles. The molecule has 0 aromatic heterocycles. The van der Waals surface area contributed by atoms with E-state index in [1.54, 1.807) is 0 Å². The Bertz CT molecular complexity index is 709. The maximum atomic E-state index is 13.5. The number of nitrogens with zero attached hydrogens (tertiary/aromatic N) is 1. The summed E-state index contributed by atoms with van der Waals surface area (Å²) in [7, 11) is 4.02. The van der Waals surface area contributed by atoms with Crippen molar-refractivity contribution >= 4 is 11.5 Å². The van der Waals surface area contributed by atoms with Gasteiger partial charge in [0.05, 0.1) is 5.54 Å². The van der Waals surface area contributed by atoms with Gasteiger partial charge < -0.3 is 5.32 Å². The Morgan fingerprint density at radius 3 is 2.18 bits per heavy atom. The Balaban J connectivity index is 2.11. The van der Waals surface area contributed by atoms with E-state index < -0.39 is 5.54 Å². The summed E-state index contributed by atoms with van der Waals surface area (Å²) in [4.78, 5) is 15.6. The van der Waals surface area contributed by atoms with E-state index in [2.05, 4.69) is 36.2 Å². The van der Waals surface area contributed by atoms with E-state index in [0.717, 1.165) is 24.2 Å². The summed E-state index contributed by atoms with van der Waals surface area (Å²) in [5.41, 5.74) is 2.53. The van der Waals surface area contributed by atoms with Crippen LogP contribution in [0.3, 0.4) is 0 Å². The van der Waals surface area contributed by atoms with E-state index in [-0.39, 0.29) is 5.78 Å². The standard InChI is InChI=1S/C25H36N2O/c1-5-7-8-12-19-26-23-17-15-22(16-18-23)24(28)25(6-2,27(3)4)20-21-13-10-9-11-14-21/h9-11,13-18,26H,5-8,12,19-20H2,1-4H3. The molecule has 3 nitrogen and oxygen atoms in total. The Morgan fingerprint density at radius 1 is 0.929 bits per heavy atom. The Labute approximate surface area is 171 Å². The lowest BCUT2D eigenvalue weighted by Gasteiger charge is -2.38. The maximum absolute atomic E-state index is 13.5. The molecule has 0 saturated heterocycles. The molecule has 0 aliphatic heterocycles. The van der Waals surface area contributed by atoms with E-state index >= 15 is 0 Å². The number of anilines is 1. The van der Waals surface area contributed by atoms with Gasteiger partial charge in [-0.25, -0.2) is 0 Å². The zero-order valence-corrected chi connectivity index (χ0v) is 18.0. The molecule has 0 fully saturated rings. The van der Waals surface area contributed by atoms with E-state index in [0.29, 0.717) is 6.42 Å². The quantitative estimate of drug-likeness (QED) is 0.372. The van der Waals surface area contributed by atoms with E-state index in [1.807, 2.05) is 56.6 Å². The summed E-state index contributed by atoms with van der Waals surface area (Å²) in [6.07, 6.45) is 6.48. The first-order chi connectivity index (χ1) is 13.5. The van der Waals surface area contributed by atoms with Crippen LogP contribution in [-0.4, -0.2) is 36.9 Å². The smallest absolute Gasteiger partial charge is 0.183 e. The van der Waals surface area contributed by atoms with Crippen molar-refractivity contribution in [3.63, 3.8) is 0 Å². The second-order valence-electron chi connectivity index (χ2n) is 7.84. The fourth-order valence-electron chi connectivity index (χ4n) is 3.77. The second kappa shape index (κ2) is 11.0. The number of unbranched alkanes of at least 4 members (excludes halogenated alkanes) is 3. The van der Waals surface area contributed by atoms with E-state index in [1.165, 1.54) is 31.2 Å². The third kappa shape index (κ3) is 5.68. The molecule has 2 rings (SSSR count). The van der Waals surface area contributed by atoms with Crippen LogP contribution in [-0.2, 0) is 6.42 Å². The molecule has 0 aliphatic carbocycles. The number of hydrogen-bond donors (Lipinski definition) is 1. The van der Waals surface area contributed by atoms with Gasteiger partial charge >= 0.3 is 0 Å². The fourth-order valence-corrected chi connectivity index (χ4v) is 3.77. The molecule has 0 heterocycles. The highest BCUT2D eigenvalue weighted by molar-refractivity contribution is 6.03. The van der Waals surface area contributed by atoms with Crippen molar-refractivity contribution in [2.24, 2.45) is 0 Å². The van der Waals surface area contributed by atoms with Crippen molar-refractivity contribution in [3.05, 3.63) is 65.7 Å². The molecule has 3 heteroatoms. The minimum Gasteiger partial charge on any atom is -0.385 e. The summed E-state index contributed by atoms with van der Waals surface area (Å²) in [5.74, 6) is 0.193. The highest BCUT2D eigenvalue weighted by Gasteiger charge is 2.39. The lowest BCUT2D eigenvalue weighted by atomic mass is 9.80. The number of benzene rings is 2. The van der Waals surface area contributed by atoms with Gasteiger partial charge in [0, 0.05) is 17.8 Å². The zero-order chi connectivity index (χ0) is 20.4. The maximum Gasteiger partial charge on any atom is 0.183 e. The van der Waals surface area contributed by atoms with Crippen LogP contribution in [0.25, 0.3) is 0 Å². The largest absolute Gasteiger partial charge is 0.385 e. The van der Waals surface area contributed by atoms with Crippen LogP contribution in [0.4, 0.5) is 5.69 Å².